The van der Waals surface area contributed by atoms with Crippen molar-refractivity contribution in [2.75, 3.05) is 11.9 Å². The number of hydrogen-bond donors (Lipinski definition) is 3. The number of benzene rings is 3. The minimum absolute atomic E-state index is 0.00248. The molecule has 0 saturated carbocycles. The van der Waals surface area contributed by atoms with Crippen molar-refractivity contribution < 1.29 is 24.2 Å². The lowest BCUT2D eigenvalue weighted by molar-refractivity contribution is -0.116. The second-order valence-corrected chi connectivity index (χ2v) is 8.53. The number of ether oxygens (including phenoxy) is 1. The molecule has 2 amide bonds. The fourth-order valence-electron chi connectivity index (χ4n) is 4.15. The monoisotopic (exact) mass is 478 g/mol. The number of carbonyl (C=O) groups excluding carboxylic acids is 2. The Kier molecular flexibility index (Phi) is 6.84. The molecule has 1 atom stereocenters. The van der Waals surface area contributed by atoms with Crippen molar-refractivity contribution >= 4 is 35.3 Å². The number of amides is 2. The summed E-state index contributed by atoms with van der Waals surface area (Å²) in [5, 5.41) is 14.4. The van der Waals surface area contributed by atoms with E-state index < -0.39 is 18.1 Å². The molecule has 1 aliphatic rings. The molecule has 1 aliphatic carbocycles. The van der Waals surface area contributed by atoms with Gasteiger partial charge in [0.2, 0.25) is 5.91 Å². The maximum Gasteiger partial charge on any atom is 0.407 e. The molecule has 0 heterocycles. The van der Waals surface area contributed by atoms with E-state index in [1.54, 1.807) is 6.92 Å². The van der Waals surface area contributed by atoms with Crippen LogP contribution < -0.4 is 10.6 Å². The van der Waals surface area contributed by atoms with Gasteiger partial charge in [-0.05, 0) is 47.4 Å². The van der Waals surface area contributed by atoms with Crippen LogP contribution in [0.3, 0.4) is 0 Å². The van der Waals surface area contributed by atoms with Gasteiger partial charge in [-0.3, -0.25) is 4.79 Å². The van der Waals surface area contributed by atoms with Gasteiger partial charge in [0, 0.05) is 24.1 Å². The average Bonchev–Trinajstić information content (AvgIpc) is 3.11. The van der Waals surface area contributed by atoms with E-state index in [4.69, 9.17) is 21.4 Å². The molecule has 174 valence electrons. The van der Waals surface area contributed by atoms with E-state index in [2.05, 4.69) is 22.8 Å². The molecule has 0 radical (unpaired) electrons. The number of rotatable bonds is 7. The lowest BCUT2D eigenvalue weighted by atomic mass is 9.98. The third-order valence-corrected chi connectivity index (χ3v) is 6.00. The lowest BCUT2D eigenvalue weighted by Crippen LogP contribution is -2.36. The zero-order valence-electron chi connectivity index (χ0n) is 18.4. The average molecular weight is 479 g/mol. The zero-order chi connectivity index (χ0) is 24.2. The Hall–Kier alpha value is -3.84. The minimum Gasteiger partial charge on any atom is -0.478 e. The van der Waals surface area contributed by atoms with Crippen LogP contribution in [0.1, 0.15) is 40.7 Å². The molecular formula is C26H23ClN2O5. The molecule has 34 heavy (non-hydrogen) atoms. The summed E-state index contributed by atoms with van der Waals surface area (Å²) in [5.74, 6) is -1.55. The smallest absolute Gasteiger partial charge is 0.407 e. The van der Waals surface area contributed by atoms with Gasteiger partial charge in [0.1, 0.15) is 6.61 Å². The van der Waals surface area contributed by atoms with Crippen molar-refractivity contribution in [3.8, 4) is 11.1 Å². The van der Waals surface area contributed by atoms with Crippen molar-refractivity contribution in [3.63, 3.8) is 0 Å². The molecule has 0 bridgehead atoms. The molecule has 3 aromatic rings. The van der Waals surface area contributed by atoms with E-state index in [9.17, 15) is 14.4 Å². The first-order valence-electron chi connectivity index (χ1n) is 10.8. The molecule has 0 saturated heterocycles. The standard InChI is InChI=1S/C26H23ClN2O5/c1-15(12-24(30)29-16-10-11-21(25(31)32)23(27)13-16)28-26(33)34-14-22-19-8-4-2-6-17(19)18-7-3-5-9-20(18)22/h2-11,13,15,22H,12,14H2,1H3,(H,28,33)(H,29,30)(H,31,32)/t15-/m1/s1. The van der Waals surface area contributed by atoms with Crippen LogP contribution >= 0.6 is 11.6 Å². The summed E-state index contributed by atoms with van der Waals surface area (Å²) in [6.45, 7) is 1.88. The number of alkyl carbamates (subject to hydrolysis) is 1. The highest BCUT2D eigenvalue weighted by molar-refractivity contribution is 6.33. The lowest BCUT2D eigenvalue weighted by Gasteiger charge is -2.17. The first-order valence-corrected chi connectivity index (χ1v) is 11.2. The number of fused-ring (bicyclic) bond motifs is 3. The Morgan fingerprint density at radius 3 is 2.21 bits per heavy atom. The molecule has 0 unspecified atom stereocenters. The Balaban J connectivity index is 1.30. The molecule has 3 aromatic carbocycles. The summed E-state index contributed by atoms with van der Waals surface area (Å²) in [6.07, 6.45) is -0.598. The Morgan fingerprint density at radius 1 is 1.00 bits per heavy atom. The highest BCUT2D eigenvalue weighted by atomic mass is 35.5. The topological polar surface area (TPSA) is 105 Å². The molecular weight excluding hydrogens is 456 g/mol. The number of aromatic carboxylic acids is 1. The summed E-state index contributed by atoms with van der Waals surface area (Å²) < 4.78 is 5.51. The van der Waals surface area contributed by atoms with Gasteiger partial charge in [-0.1, -0.05) is 60.1 Å². The molecule has 0 spiro atoms. The fraction of sp³-hybridized carbons (Fsp3) is 0.192. The summed E-state index contributed by atoms with van der Waals surface area (Å²) in [4.78, 5) is 35.7. The Labute approximate surface area is 201 Å². The van der Waals surface area contributed by atoms with Gasteiger partial charge in [0.15, 0.2) is 0 Å². The second kappa shape index (κ2) is 9.97. The van der Waals surface area contributed by atoms with Crippen molar-refractivity contribution in [1.82, 2.24) is 5.32 Å². The maximum absolute atomic E-state index is 12.4. The number of hydrogen-bond acceptors (Lipinski definition) is 4. The van der Waals surface area contributed by atoms with Crippen molar-refractivity contribution in [3.05, 3.63) is 88.4 Å². The van der Waals surface area contributed by atoms with Gasteiger partial charge >= 0.3 is 12.1 Å². The Bertz CT molecular complexity index is 1210. The molecule has 7 nitrogen and oxygen atoms in total. The maximum atomic E-state index is 12.4. The van der Waals surface area contributed by atoms with E-state index in [1.807, 2.05) is 36.4 Å². The van der Waals surface area contributed by atoms with E-state index >= 15 is 0 Å². The highest BCUT2D eigenvalue weighted by Crippen LogP contribution is 2.44. The van der Waals surface area contributed by atoms with Gasteiger partial charge in [-0.25, -0.2) is 9.59 Å². The number of nitrogens with one attached hydrogen (secondary N) is 2. The van der Waals surface area contributed by atoms with E-state index in [-0.39, 0.29) is 35.4 Å². The van der Waals surface area contributed by atoms with Gasteiger partial charge in [-0.2, -0.15) is 0 Å². The number of carboxylic acid groups (broad SMARTS) is 1. The summed E-state index contributed by atoms with van der Waals surface area (Å²) in [5.41, 5.74) is 4.86. The summed E-state index contributed by atoms with van der Waals surface area (Å²) >= 11 is 5.93. The molecule has 4 rings (SSSR count). The SMILES string of the molecule is C[C@H](CC(=O)Nc1ccc(C(=O)O)c(Cl)c1)NC(=O)OCC1c2ccccc2-c2ccccc21. The number of anilines is 1. The zero-order valence-corrected chi connectivity index (χ0v) is 19.1. The summed E-state index contributed by atoms with van der Waals surface area (Å²) in [7, 11) is 0. The molecule has 8 heteroatoms. The number of carbonyl (C=O) groups is 3. The molecule has 0 aromatic heterocycles. The quantitative estimate of drug-likeness (QED) is 0.427. The van der Waals surface area contributed by atoms with Gasteiger partial charge in [-0.15, -0.1) is 0 Å². The number of carboxylic acids is 1. The normalized spacial score (nSPS) is 12.9. The summed E-state index contributed by atoms with van der Waals surface area (Å²) in [6, 6.07) is 19.8. The molecule has 0 fully saturated rings. The third kappa shape index (κ3) is 5.05. The molecule has 0 aliphatic heterocycles. The molecule has 3 N–H and O–H groups in total. The van der Waals surface area contributed by atoms with E-state index in [1.165, 1.54) is 18.2 Å². The van der Waals surface area contributed by atoms with Crippen LogP contribution in [0.4, 0.5) is 10.5 Å². The minimum atomic E-state index is -1.15. The van der Waals surface area contributed by atoms with Crippen LogP contribution in [0.15, 0.2) is 66.7 Å². The van der Waals surface area contributed by atoms with Gasteiger partial charge in [0.05, 0.1) is 10.6 Å². The third-order valence-electron chi connectivity index (χ3n) is 5.68. The van der Waals surface area contributed by atoms with Crippen molar-refractivity contribution in [2.45, 2.75) is 25.3 Å². The second-order valence-electron chi connectivity index (χ2n) is 8.12. The predicted octanol–water partition coefficient (Wildman–Crippen LogP) is 5.29. The van der Waals surface area contributed by atoms with Crippen LogP contribution in [0.5, 0.6) is 0 Å². The number of halogens is 1. The van der Waals surface area contributed by atoms with Crippen molar-refractivity contribution in [2.24, 2.45) is 0 Å². The first-order chi connectivity index (χ1) is 16.3. The van der Waals surface area contributed by atoms with E-state index in [0.717, 1.165) is 22.3 Å². The van der Waals surface area contributed by atoms with E-state index in [0.29, 0.717) is 5.69 Å². The van der Waals surface area contributed by atoms with Crippen LogP contribution in [0.25, 0.3) is 11.1 Å². The van der Waals surface area contributed by atoms with Crippen LogP contribution in [0.2, 0.25) is 5.02 Å². The van der Waals surface area contributed by atoms with Crippen molar-refractivity contribution in [1.29, 1.82) is 0 Å². The largest absolute Gasteiger partial charge is 0.478 e. The predicted molar refractivity (Wildman–Crippen MR) is 129 cm³/mol. The highest BCUT2D eigenvalue weighted by Gasteiger charge is 2.29. The van der Waals surface area contributed by atoms with Gasteiger partial charge in [0.25, 0.3) is 0 Å². The van der Waals surface area contributed by atoms with Crippen LogP contribution in [0, 0.1) is 0 Å². The Morgan fingerprint density at radius 2 is 1.62 bits per heavy atom. The van der Waals surface area contributed by atoms with Crippen LogP contribution in [-0.4, -0.2) is 35.7 Å². The van der Waals surface area contributed by atoms with Crippen LogP contribution in [-0.2, 0) is 9.53 Å². The van der Waals surface area contributed by atoms with Gasteiger partial charge < -0.3 is 20.5 Å². The first kappa shape index (κ1) is 23.3. The fourth-order valence-corrected chi connectivity index (χ4v) is 4.41.